The maximum atomic E-state index is 13.2. The van der Waals surface area contributed by atoms with Crippen molar-refractivity contribution in [1.82, 2.24) is 4.90 Å². The van der Waals surface area contributed by atoms with E-state index in [1.54, 1.807) is 17.4 Å². The van der Waals surface area contributed by atoms with Crippen molar-refractivity contribution in [2.45, 2.75) is 30.3 Å². The minimum absolute atomic E-state index is 0.0960. The zero-order chi connectivity index (χ0) is 21.3. The molecule has 0 saturated heterocycles. The number of sulfonamides is 1. The van der Waals surface area contributed by atoms with Crippen LogP contribution in [-0.2, 0) is 16.6 Å². The molecule has 2 aromatic carbocycles. The lowest BCUT2D eigenvalue weighted by molar-refractivity contribution is 0.0731. The maximum Gasteiger partial charge on any atom is 0.261 e. The first kappa shape index (κ1) is 20.8. The number of rotatable bonds is 7. The average molecular weight is 465 g/mol. The molecular formula is C21H18ClFN2O3S2. The molecule has 0 bridgehead atoms. The Morgan fingerprint density at radius 2 is 1.90 bits per heavy atom. The molecule has 1 aromatic heterocycles. The van der Waals surface area contributed by atoms with E-state index >= 15 is 0 Å². The fraction of sp³-hybridized carbons (Fsp3) is 0.190. The summed E-state index contributed by atoms with van der Waals surface area (Å²) in [6.07, 6.45) is 1.91. The highest BCUT2D eigenvalue weighted by molar-refractivity contribution is 7.92. The van der Waals surface area contributed by atoms with Gasteiger partial charge in [-0.05, 0) is 66.8 Å². The molecule has 1 N–H and O–H groups in total. The van der Waals surface area contributed by atoms with E-state index in [0.29, 0.717) is 12.1 Å². The lowest BCUT2D eigenvalue weighted by Gasteiger charge is -2.22. The highest BCUT2D eigenvalue weighted by atomic mass is 35.5. The van der Waals surface area contributed by atoms with Gasteiger partial charge in [0, 0.05) is 16.5 Å². The van der Waals surface area contributed by atoms with Crippen molar-refractivity contribution in [3.8, 4) is 0 Å². The normalized spacial score (nSPS) is 13.8. The number of carbonyl (C=O) groups is 1. The van der Waals surface area contributed by atoms with E-state index in [4.69, 9.17) is 11.6 Å². The van der Waals surface area contributed by atoms with Crippen molar-refractivity contribution >= 4 is 44.6 Å². The van der Waals surface area contributed by atoms with Gasteiger partial charge in [0.1, 0.15) is 5.82 Å². The Balaban J connectivity index is 1.59. The summed E-state index contributed by atoms with van der Waals surface area (Å²) >= 11 is 7.77. The van der Waals surface area contributed by atoms with Gasteiger partial charge in [0.15, 0.2) is 0 Å². The van der Waals surface area contributed by atoms with Crippen LogP contribution >= 0.6 is 22.9 Å². The van der Waals surface area contributed by atoms with Gasteiger partial charge in [-0.2, -0.15) is 0 Å². The molecule has 5 nitrogen and oxygen atoms in total. The minimum Gasteiger partial charge on any atom is -0.331 e. The van der Waals surface area contributed by atoms with Crippen molar-refractivity contribution in [2.75, 3.05) is 4.72 Å². The molecule has 0 aliphatic heterocycles. The molecule has 1 saturated carbocycles. The van der Waals surface area contributed by atoms with Crippen molar-refractivity contribution in [3.63, 3.8) is 0 Å². The monoisotopic (exact) mass is 464 g/mol. The van der Waals surface area contributed by atoms with E-state index in [9.17, 15) is 17.6 Å². The van der Waals surface area contributed by atoms with Crippen LogP contribution in [0.4, 0.5) is 10.1 Å². The van der Waals surface area contributed by atoms with Gasteiger partial charge in [0.2, 0.25) is 0 Å². The first-order chi connectivity index (χ1) is 14.3. The number of hydrogen-bond acceptors (Lipinski definition) is 4. The van der Waals surface area contributed by atoms with E-state index in [-0.39, 0.29) is 27.6 Å². The van der Waals surface area contributed by atoms with Crippen molar-refractivity contribution in [2.24, 2.45) is 0 Å². The number of carbonyl (C=O) groups excluding carboxylic acids is 1. The summed E-state index contributed by atoms with van der Waals surface area (Å²) in [6.45, 7) is 0.514. The number of nitrogens with zero attached hydrogens (tertiary/aromatic N) is 1. The Morgan fingerprint density at radius 3 is 2.53 bits per heavy atom. The third-order valence-electron chi connectivity index (χ3n) is 4.74. The Bertz CT molecular complexity index is 1160. The van der Waals surface area contributed by atoms with E-state index in [0.717, 1.165) is 42.0 Å². The quantitative estimate of drug-likeness (QED) is 0.526. The summed E-state index contributed by atoms with van der Waals surface area (Å²) in [7, 11) is -3.98. The van der Waals surface area contributed by atoms with Gasteiger partial charge >= 0.3 is 0 Å². The number of nitrogens with one attached hydrogen (secondary N) is 1. The second-order valence-corrected chi connectivity index (χ2v) is 10.1. The first-order valence-electron chi connectivity index (χ1n) is 9.25. The second kappa shape index (κ2) is 8.37. The lowest BCUT2D eigenvalue weighted by atomic mass is 10.1. The summed E-state index contributed by atoms with van der Waals surface area (Å²) in [5, 5.41) is 2.13. The zero-order valence-electron chi connectivity index (χ0n) is 15.7. The van der Waals surface area contributed by atoms with Gasteiger partial charge in [-0.1, -0.05) is 17.7 Å². The van der Waals surface area contributed by atoms with Crippen LogP contribution < -0.4 is 4.72 Å². The molecule has 156 valence electrons. The number of anilines is 1. The van der Waals surface area contributed by atoms with Gasteiger partial charge in [-0.25, -0.2) is 12.8 Å². The molecule has 3 aromatic rings. The zero-order valence-corrected chi connectivity index (χ0v) is 18.1. The summed E-state index contributed by atoms with van der Waals surface area (Å²) in [5.74, 6) is -0.713. The molecular weight excluding hydrogens is 447 g/mol. The predicted molar refractivity (Wildman–Crippen MR) is 116 cm³/mol. The number of benzene rings is 2. The second-order valence-electron chi connectivity index (χ2n) is 7.00. The van der Waals surface area contributed by atoms with E-state index < -0.39 is 15.8 Å². The van der Waals surface area contributed by atoms with Crippen molar-refractivity contribution in [3.05, 3.63) is 81.3 Å². The molecule has 1 aliphatic carbocycles. The largest absolute Gasteiger partial charge is 0.331 e. The molecule has 30 heavy (non-hydrogen) atoms. The molecule has 0 atom stereocenters. The smallest absolute Gasteiger partial charge is 0.261 e. The summed E-state index contributed by atoms with van der Waals surface area (Å²) in [6, 6.07) is 13.1. The van der Waals surface area contributed by atoms with Crippen molar-refractivity contribution in [1.29, 1.82) is 0 Å². The van der Waals surface area contributed by atoms with Crippen LogP contribution in [0.25, 0.3) is 0 Å². The van der Waals surface area contributed by atoms with E-state index in [1.165, 1.54) is 12.1 Å². The van der Waals surface area contributed by atoms with Crippen LogP contribution in [0.2, 0.25) is 5.02 Å². The average Bonchev–Trinajstić information content (AvgIpc) is 3.43. The first-order valence-corrected chi connectivity index (χ1v) is 12.0. The highest BCUT2D eigenvalue weighted by Crippen LogP contribution is 2.32. The summed E-state index contributed by atoms with van der Waals surface area (Å²) in [5.41, 5.74) is 0.443. The maximum absolute atomic E-state index is 13.2. The molecule has 4 rings (SSSR count). The molecule has 1 fully saturated rings. The number of thiophene rings is 1. The van der Waals surface area contributed by atoms with Crippen LogP contribution in [0, 0.1) is 5.82 Å². The Labute approximate surface area is 183 Å². The fourth-order valence-corrected chi connectivity index (χ4v) is 5.04. The SMILES string of the molecule is O=C(c1ccc(Cl)c(NS(=O)(=O)c2ccc(F)cc2)c1)N(Cc1cccs1)C1CC1. The topological polar surface area (TPSA) is 66.5 Å². The van der Waals surface area contributed by atoms with Crippen molar-refractivity contribution < 1.29 is 17.6 Å². The lowest BCUT2D eigenvalue weighted by Crippen LogP contribution is -2.32. The standard InChI is InChI=1S/C21H18ClFN2O3S2/c22-19-10-3-14(21(26)25(16-6-7-16)13-17-2-1-11-29-17)12-20(19)24-30(27,28)18-8-4-15(23)5-9-18/h1-5,8-12,16,24H,6-7,13H2. The molecule has 0 spiro atoms. The molecule has 1 amide bonds. The van der Waals surface area contributed by atoms with Crippen LogP contribution in [0.5, 0.6) is 0 Å². The molecule has 9 heteroatoms. The van der Waals surface area contributed by atoms with Crippen LogP contribution in [0.3, 0.4) is 0 Å². The predicted octanol–water partition coefficient (Wildman–Crippen LogP) is 5.15. The number of amides is 1. The summed E-state index contributed by atoms with van der Waals surface area (Å²) in [4.78, 5) is 16.0. The van der Waals surface area contributed by atoms with Gasteiger partial charge in [0.05, 0.1) is 22.2 Å². The molecule has 0 radical (unpaired) electrons. The minimum atomic E-state index is -3.98. The molecule has 1 heterocycles. The van der Waals surface area contributed by atoms with Gasteiger partial charge in [-0.15, -0.1) is 11.3 Å². The third-order valence-corrected chi connectivity index (χ3v) is 7.31. The van der Waals surface area contributed by atoms with Gasteiger partial charge < -0.3 is 4.90 Å². The third kappa shape index (κ3) is 4.66. The Morgan fingerprint density at radius 1 is 1.17 bits per heavy atom. The van der Waals surface area contributed by atoms with Gasteiger partial charge in [-0.3, -0.25) is 9.52 Å². The fourth-order valence-electron chi connectivity index (χ4n) is 3.04. The highest BCUT2D eigenvalue weighted by Gasteiger charge is 2.33. The van der Waals surface area contributed by atoms with Crippen LogP contribution in [0.1, 0.15) is 28.1 Å². The van der Waals surface area contributed by atoms with Crippen LogP contribution in [0.15, 0.2) is 64.9 Å². The molecule has 0 unspecified atom stereocenters. The Kier molecular flexibility index (Phi) is 5.81. The Hall–Kier alpha value is -2.42. The van der Waals surface area contributed by atoms with E-state index in [2.05, 4.69) is 4.72 Å². The number of hydrogen-bond donors (Lipinski definition) is 1. The van der Waals surface area contributed by atoms with E-state index in [1.807, 2.05) is 22.4 Å². The van der Waals surface area contributed by atoms with Gasteiger partial charge in [0.25, 0.3) is 15.9 Å². The molecule has 1 aliphatic rings. The summed E-state index contributed by atoms with van der Waals surface area (Å²) < 4.78 is 40.8. The number of halogens is 2. The van der Waals surface area contributed by atoms with Crippen LogP contribution in [-0.4, -0.2) is 25.3 Å².